The predicted molar refractivity (Wildman–Crippen MR) is 121 cm³/mol. The zero-order chi connectivity index (χ0) is 18.3. The van der Waals surface area contributed by atoms with Crippen LogP contribution < -0.4 is 15.4 Å². The van der Waals surface area contributed by atoms with Crippen molar-refractivity contribution in [3.63, 3.8) is 0 Å². The fraction of sp³-hybridized carbons (Fsp3) is 0.588. The lowest BCUT2D eigenvalue weighted by Gasteiger charge is -2.17. The number of guanidine groups is 1. The average molecular weight is 512 g/mol. The summed E-state index contributed by atoms with van der Waals surface area (Å²) in [6.45, 7) is 3.37. The van der Waals surface area contributed by atoms with Crippen LogP contribution in [0.2, 0.25) is 0 Å². The van der Waals surface area contributed by atoms with Gasteiger partial charge in [0.2, 0.25) is 10.0 Å². The van der Waals surface area contributed by atoms with Gasteiger partial charge < -0.3 is 10.6 Å². The van der Waals surface area contributed by atoms with Crippen LogP contribution in [0, 0.1) is 0 Å². The van der Waals surface area contributed by atoms with Crippen molar-refractivity contribution in [2.45, 2.75) is 48.9 Å². The Morgan fingerprint density at radius 3 is 2.50 bits per heavy atom. The van der Waals surface area contributed by atoms with Gasteiger partial charge in [-0.15, -0.1) is 24.0 Å². The Hall–Kier alpha value is -0.520. The lowest BCUT2D eigenvalue weighted by molar-refractivity contribution is 0.588. The number of rotatable bonds is 7. The maximum absolute atomic E-state index is 11.7. The summed E-state index contributed by atoms with van der Waals surface area (Å²) >= 11 is 1.94. The molecule has 148 valence electrons. The van der Waals surface area contributed by atoms with Crippen molar-refractivity contribution in [3.8, 4) is 0 Å². The first-order valence-corrected chi connectivity index (χ1v) is 11.4. The van der Waals surface area contributed by atoms with Crippen molar-refractivity contribution >= 4 is 51.7 Å². The van der Waals surface area contributed by atoms with Crippen LogP contribution in [0.5, 0.6) is 0 Å². The molecule has 0 aromatic heterocycles. The third kappa shape index (κ3) is 6.90. The van der Waals surface area contributed by atoms with E-state index in [-0.39, 0.29) is 28.9 Å². The quantitative estimate of drug-likeness (QED) is 0.297. The molecule has 0 radical (unpaired) electrons. The molecule has 3 N–H and O–H groups in total. The molecule has 1 aliphatic carbocycles. The number of benzene rings is 1. The normalized spacial score (nSPS) is 20.5. The van der Waals surface area contributed by atoms with E-state index in [4.69, 9.17) is 0 Å². The molecule has 1 aliphatic rings. The average Bonchev–Trinajstić information content (AvgIpc) is 3.08. The molecule has 0 aliphatic heterocycles. The summed E-state index contributed by atoms with van der Waals surface area (Å²) in [5.74, 6) is 0.821. The smallest absolute Gasteiger partial charge is 0.240 e. The molecule has 1 aromatic carbocycles. The first kappa shape index (κ1) is 23.5. The SMILES string of the molecule is CCNC(=NCc1ccc(S(=O)(=O)NC)cc1)NC1CCC(SC)C1.I. The van der Waals surface area contributed by atoms with Crippen LogP contribution in [0.25, 0.3) is 0 Å². The van der Waals surface area contributed by atoms with Crippen molar-refractivity contribution in [1.82, 2.24) is 15.4 Å². The van der Waals surface area contributed by atoms with E-state index in [9.17, 15) is 8.42 Å². The number of aliphatic imine (C=N–C) groups is 1. The minimum atomic E-state index is -3.39. The molecule has 2 atom stereocenters. The topological polar surface area (TPSA) is 82.6 Å². The largest absolute Gasteiger partial charge is 0.357 e. The van der Waals surface area contributed by atoms with Gasteiger partial charge in [-0.05, 0) is 57.2 Å². The zero-order valence-electron chi connectivity index (χ0n) is 15.5. The third-order valence-electron chi connectivity index (χ3n) is 4.33. The highest BCUT2D eigenvalue weighted by Gasteiger charge is 2.24. The molecular formula is C17H29IN4O2S2. The van der Waals surface area contributed by atoms with Gasteiger partial charge in [0.25, 0.3) is 0 Å². The number of halogens is 1. The van der Waals surface area contributed by atoms with Gasteiger partial charge in [-0.1, -0.05) is 12.1 Å². The van der Waals surface area contributed by atoms with Crippen LogP contribution in [0.15, 0.2) is 34.2 Å². The van der Waals surface area contributed by atoms with Crippen molar-refractivity contribution in [2.75, 3.05) is 19.8 Å². The summed E-state index contributed by atoms with van der Waals surface area (Å²) < 4.78 is 25.8. The van der Waals surface area contributed by atoms with Gasteiger partial charge in [0.05, 0.1) is 11.4 Å². The van der Waals surface area contributed by atoms with E-state index in [1.54, 1.807) is 24.3 Å². The summed E-state index contributed by atoms with van der Waals surface area (Å²) in [6, 6.07) is 7.29. The highest BCUT2D eigenvalue weighted by Crippen LogP contribution is 2.28. The molecule has 1 saturated carbocycles. The summed E-state index contributed by atoms with van der Waals surface area (Å²) in [7, 11) is -1.98. The molecule has 26 heavy (non-hydrogen) atoms. The van der Waals surface area contributed by atoms with Gasteiger partial charge in [-0.3, -0.25) is 0 Å². The molecule has 0 heterocycles. The van der Waals surface area contributed by atoms with Crippen LogP contribution in [0.1, 0.15) is 31.7 Å². The fourth-order valence-corrected chi connectivity index (χ4v) is 4.39. The first-order chi connectivity index (χ1) is 12.0. The second-order valence-electron chi connectivity index (χ2n) is 6.06. The number of hydrogen-bond donors (Lipinski definition) is 3. The number of thioether (sulfide) groups is 1. The van der Waals surface area contributed by atoms with Gasteiger partial charge in [0, 0.05) is 17.8 Å². The van der Waals surface area contributed by atoms with E-state index in [2.05, 4.69) is 26.6 Å². The van der Waals surface area contributed by atoms with E-state index >= 15 is 0 Å². The molecule has 0 spiro atoms. The third-order valence-corrected chi connectivity index (χ3v) is 6.85. The monoisotopic (exact) mass is 512 g/mol. The molecule has 2 rings (SSSR count). The first-order valence-electron chi connectivity index (χ1n) is 8.58. The summed E-state index contributed by atoms with van der Waals surface area (Å²) in [6.07, 6.45) is 5.76. The Labute approximate surface area is 178 Å². The van der Waals surface area contributed by atoms with E-state index in [1.807, 2.05) is 18.7 Å². The van der Waals surface area contributed by atoms with Crippen LogP contribution in [-0.2, 0) is 16.6 Å². The molecule has 9 heteroatoms. The van der Waals surface area contributed by atoms with E-state index in [1.165, 1.54) is 26.3 Å². The number of hydrogen-bond acceptors (Lipinski definition) is 4. The van der Waals surface area contributed by atoms with Gasteiger partial charge in [0.15, 0.2) is 5.96 Å². The van der Waals surface area contributed by atoms with Gasteiger partial charge in [0.1, 0.15) is 0 Å². The minimum Gasteiger partial charge on any atom is -0.357 e. The lowest BCUT2D eigenvalue weighted by atomic mass is 10.2. The van der Waals surface area contributed by atoms with E-state index in [0.717, 1.165) is 23.3 Å². The fourth-order valence-electron chi connectivity index (χ4n) is 2.86. The Morgan fingerprint density at radius 2 is 1.96 bits per heavy atom. The van der Waals surface area contributed by atoms with Crippen molar-refractivity contribution in [1.29, 1.82) is 0 Å². The standard InChI is InChI=1S/C17H28N4O2S2.HI/c1-4-19-17(21-14-7-8-15(11-14)24-3)20-12-13-5-9-16(10-6-13)25(22,23)18-2;/h5-6,9-10,14-15,18H,4,7-8,11-12H2,1-3H3,(H2,19,20,21);1H. The molecular weight excluding hydrogens is 483 g/mol. The number of nitrogens with one attached hydrogen (secondary N) is 3. The van der Waals surface area contributed by atoms with Crippen molar-refractivity contribution in [2.24, 2.45) is 4.99 Å². The Bertz CT molecular complexity index is 681. The maximum atomic E-state index is 11.7. The summed E-state index contributed by atoms with van der Waals surface area (Å²) in [5, 5.41) is 7.54. The Kier molecular flexibility index (Phi) is 10.3. The van der Waals surface area contributed by atoms with Gasteiger partial charge in [-0.25, -0.2) is 18.1 Å². The second kappa shape index (κ2) is 11.4. The number of sulfonamides is 1. The summed E-state index contributed by atoms with van der Waals surface area (Å²) in [5.41, 5.74) is 0.973. The molecule has 1 aromatic rings. The predicted octanol–water partition coefficient (Wildman–Crippen LogP) is 2.55. The van der Waals surface area contributed by atoms with Crippen LogP contribution in [0.4, 0.5) is 0 Å². The van der Waals surface area contributed by atoms with Crippen LogP contribution in [-0.4, -0.2) is 45.5 Å². The van der Waals surface area contributed by atoms with E-state index in [0.29, 0.717) is 12.6 Å². The highest BCUT2D eigenvalue weighted by atomic mass is 127. The molecule has 0 bridgehead atoms. The minimum absolute atomic E-state index is 0. The maximum Gasteiger partial charge on any atom is 0.240 e. The lowest BCUT2D eigenvalue weighted by Crippen LogP contribution is -2.42. The summed E-state index contributed by atoms with van der Waals surface area (Å²) in [4.78, 5) is 4.90. The van der Waals surface area contributed by atoms with Crippen LogP contribution in [0.3, 0.4) is 0 Å². The molecule has 6 nitrogen and oxygen atoms in total. The van der Waals surface area contributed by atoms with Gasteiger partial charge >= 0.3 is 0 Å². The molecule has 2 unspecified atom stereocenters. The molecule has 0 saturated heterocycles. The van der Waals surface area contributed by atoms with Crippen molar-refractivity contribution in [3.05, 3.63) is 29.8 Å². The molecule has 1 fully saturated rings. The van der Waals surface area contributed by atoms with Crippen molar-refractivity contribution < 1.29 is 8.42 Å². The Morgan fingerprint density at radius 1 is 1.27 bits per heavy atom. The van der Waals surface area contributed by atoms with E-state index < -0.39 is 10.0 Å². The zero-order valence-corrected chi connectivity index (χ0v) is 19.5. The van der Waals surface area contributed by atoms with Crippen LogP contribution >= 0.6 is 35.7 Å². The highest BCUT2D eigenvalue weighted by molar-refractivity contribution is 14.0. The Balaban J connectivity index is 0.00000338. The second-order valence-corrected chi connectivity index (χ2v) is 9.08. The number of nitrogens with zero attached hydrogens (tertiary/aromatic N) is 1. The molecule has 0 amide bonds. The van der Waals surface area contributed by atoms with Gasteiger partial charge in [-0.2, -0.15) is 11.8 Å².